The first-order valence-electron chi connectivity index (χ1n) is 8.11. The van der Waals surface area contributed by atoms with Crippen LogP contribution in [0.5, 0.6) is 0 Å². The Balaban J connectivity index is 1.62. The molecule has 1 aromatic carbocycles. The third kappa shape index (κ3) is 3.38. The maximum Gasteiger partial charge on any atom is 0.124 e. The molecule has 24 heavy (non-hydrogen) atoms. The Labute approximate surface area is 153 Å². The van der Waals surface area contributed by atoms with Crippen molar-refractivity contribution < 1.29 is 4.39 Å². The van der Waals surface area contributed by atoms with Crippen LogP contribution in [0.15, 0.2) is 36.7 Å². The molecule has 0 saturated heterocycles. The van der Waals surface area contributed by atoms with Crippen molar-refractivity contribution in [1.82, 2.24) is 19.6 Å². The molecule has 2 heterocycles. The lowest BCUT2D eigenvalue weighted by Gasteiger charge is -2.09. The Hall–Kier alpha value is -1.70. The Kier molecular flexibility index (Phi) is 4.15. The summed E-state index contributed by atoms with van der Waals surface area (Å²) in [4.78, 5) is 0. The zero-order chi connectivity index (χ0) is 16.7. The molecule has 124 valence electrons. The van der Waals surface area contributed by atoms with Crippen LogP contribution in [0, 0.1) is 22.2 Å². The van der Waals surface area contributed by atoms with Gasteiger partial charge in [0.1, 0.15) is 5.82 Å². The van der Waals surface area contributed by atoms with Crippen LogP contribution in [0.2, 0.25) is 0 Å². The number of hydrogen-bond acceptors (Lipinski definition) is 2. The molecule has 2 aromatic heterocycles. The van der Waals surface area contributed by atoms with E-state index in [0.29, 0.717) is 0 Å². The van der Waals surface area contributed by atoms with E-state index in [1.54, 1.807) is 6.07 Å². The summed E-state index contributed by atoms with van der Waals surface area (Å²) in [6.07, 6.45) is 7.47. The van der Waals surface area contributed by atoms with Crippen LogP contribution < -0.4 is 0 Å². The molecule has 0 N–H and O–H groups in total. The highest BCUT2D eigenvalue weighted by molar-refractivity contribution is 14.1. The molecule has 1 aliphatic carbocycles. The van der Waals surface area contributed by atoms with Crippen LogP contribution in [0.4, 0.5) is 4.39 Å². The molecule has 0 aliphatic heterocycles. The second-order valence-corrected chi connectivity index (χ2v) is 7.64. The van der Waals surface area contributed by atoms with Gasteiger partial charge in [0.2, 0.25) is 0 Å². The number of halogens is 2. The molecule has 4 nitrogen and oxygen atoms in total. The first-order chi connectivity index (χ1) is 11.6. The highest BCUT2D eigenvalue weighted by atomic mass is 127. The summed E-state index contributed by atoms with van der Waals surface area (Å²) in [6.45, 7) is 3.00. The van der Waals surface area contributed by atoms with E-state index in [4.69, 9.17) is 0 Å². The van der Waals surface area contributed by atoms with Gasteiger partial charge in [0.25, 0.3) is 0 Å². The molecular formula is C18H18FIN4. The second kappa shape index (κ2) is 6.31. The van der Waals surface area contributed by atoms with Gasteiger partial charge in [-0.05, 0) is 78.1 Å². The van der Waals surface area contributed by atoms with E-state index in [0.717, 1.165) is 39.5 Å². The van der Waals surface area contributed by atoms with Crippen LogP contribution in [-0.4, -0.2) is 19.6 Å². The molecule has 6 heteroatoms. The number of hydrogen-bond donors (Lipinski definition) is 0. The minimum absolute atomic E-state index is 0.227. The van der Waals surface area contributed by atoms with E-state index in [2.05, 4.69) is 45.1 Å². The lowest BCUT2D eigenvalue weighted by molar-refractivity contribution is 0.563. The van der Waals surface area contributed by atoms with Crippen molar-refractivity contribution in [2.24, 2.45) is 5.92 Å². The Morgan fingerprint density at radius 2 is 2.12 bits per heavy atom. The minimum atomic E-state index is -0.227. The Bertz CT molecular complexity index is 879. The van der Waals surface area contributed by atoms with Gasteiger partial charge in [-0.3, -0.25) is 4.68 Å². The maximum absolute atomic E-state index is 13.4. The van der Waals surface area contributed by atoms with Crippen molar-refractivity contribution in [1.29, 1.82) is 0 Å². The first-order valence-corrected chi connectivity index (χ1v) is 9.18. The van der Waals surface area contributed by atoms with Crippen molar-refractivity contribution in [3.05, 3.63) is 63.0 Å². The quantitative estimate of drug-likeness (QED) is 0.565. The molecule has 0 bridgehead atoms. The largest absolute Gasteiger partial charge is 0.272 e. The lowest BCUT2D eigenvalue weighted by atomic mass is 10.2. The smallest absolute Gasteiger partial charge is 0.124 e. The third-order valence-corrected chi connectivity index (χ3v) is 5.12. The van der Waals surface area contributed by atoms with Crippen LogP contribution in [0.25, 0.3) is 5.69 Å². The summed E-state index contributed by atoms with van der Waals surface area (Å²) in [7, 11) is 0. The molecule has 0 amide bonds. The van der Waals surface area contributed by atoms with Gasteiger partial charge in [0.15, 0.2) is 0 Å². The normalized spacial score (nSPS) is 14.3. The van der Waals surface area contributed by atoms with Crippen LogP contribution >= 0.6 is 22.6 Å². The van der Waals surface area contributed by atoms with Crippen LogP contribution in [-0.2, 0) is 13.0 Å². The molecule has 1 fully saturated rings. The van der Waals surface area contributed by atoms with E-state index < -0.39 is 0 Å². The van der Waals surface area contributed by atoms with Crippen molar-refractivity contribution in [2.45, 2.75) is 32.7 Å². The standard InChI is InChI=1S/C18H18FIN4/c1-12-6-16(7-14-9-21-23(11-14)10-13-2-3-13)24(22-12)18-5-4-15(19)8-17(18)20/h4-6,8-9,11,13H,2-3,7,10H2,1H3. The zero-order valence-corrected chi connectivity index (χ0v) is 15.6. The van der Waals surface area contributed by atoms with Crippen molar-refractivity contribution >= 4 is 22.6 Å². The second-order valence-electron chi connectivity index (χ2n) is 6.48. The van der Waals surface area contributed by atoms with Gasteiger partial charge in [-0.2, -0.15) is 10.2 Å². The van der Waals surface area contributed by atoms with E-state index in [1.807, 2.05) is 22.5 Å². The highest BCUT2D eigenvalue weighted by Crippen LogP contribution is 2.30. The summed E-state index contributed by atoms with van der Waals surface area (Å²) < 4.78 is 18.2. The Morgan fingerprint density at radius 1 is 1.29 bits per heavy atom. The van der Waals surface area contributed by atoms with Gasteiger partial charge in [-0.1, -0.05) is 0 Å². The van der Waals surface area contributed by atoms with Crippen LogP contribution in [0.3, 0.4) is 0 Å². The highest BCUT2D eigenvalue weighted by Gasteiger charge is 2.22. The van der Waals surface area contributed by atoms with Gasteiger partial charge in [0, 0.05) is 28.4 Å². The summed E-state index contributed by atoms with van der Waals surface area (Å²) in [5.74, 6) is 0.584. The number of benzene rings is 1. The predicted molar refractivity (Wildman–Crippen MR) is 98.7 cm³/mol. The fourth-order valence-corrected chi connectivity index (χ4v) is 3.62. The molecular weight excluding hydrogens is 418 g/mol. The van der Waals surface area contributed by atoms with E-state index >= 15 is 0 Å². The van der Waals surface area contributed by atoms with Crippen molar-refractivity contribution in [3.8, 4) is 5.69 Å². The van der Waals surface area contributed by atoms with Crippen molar-refractivity contribution in [2.75, 3.05) is 0 Å². The summed E-state index contributed by atoms with van der Waals surface area (Å²) in [5, 5.41) is 9.06. The predicted octanol–water partition coefficient (Wildman–Crippen LogP) is 4.12. The van der Waals surface area contributed by atoms with Gasteiger partial charge in [-0.15, -0.1) is 0 Å². The SMILES string of the molecule is Cc1cc(Cc2cnn(CC3CC3)c2)n(-c2ccc(F)cc2I)n1. The summed E-state index contributed by atoms with van der Waals surface area (Å²) in [6, 6.07) is 6.87. The van der Waals surface area contributed by atoms with E-state index in [1.165, 1.54) is 30.5 Å². The molecule has 0 atom stereocenters. The molecule has 0 radical (unpaired) electrons. The molecule has 3 aromatic rings. The Morgan fingerprint density at radius 3 is 2.88 bits per heavy atom. The topological polar surface area (TPSA) is 35.6 Å². The molecule has 0 unspecified atom stereocenters. The lowest BCUT2D eigenvalue weighted by Crippen LogP contribution is -2.05. The van der Waals surface area contributed by atoms with Gasteiger partial charge in [0.05, 0.1) is 17.6 Å². The average Bonchev–Trinajstić information content (AvgIpc) is 3.11. The minimum Gasteiger partial charge on any atom is -0.272 e. The van der Waals surface area contributed by atoms with Gasteiger partial charge >= 0.3 is 0 Å². The average molecular weight is 436 g/mol. The molecule has 1 aliphatic rings. The fourth-order valence-electron chi connectivity index (χ4n) is 2.91. The fraction of sp³-hybridized carbons (Fsp3) is 0.333. The van der Waals surface area contributed by atoms with Gasteiger partial charge < -0.3 is 0 Å². The van der Waals surface area contributed by atoms with E-state index in [9.17, 15) is 4.39 Å². The zero-order valence-electron chi connectivity index (χ0n) is 13.4. The monoisotopic (exact) mass is 436 g/mol. The number of aryl methyl sites for hydroxylation is 1. The summed E-state index contributed by atoms with van der Waals surface area (Å²) in [5.41, 5.74) is 4.12. The van der Waals surface area contributed by atoms with E-state index in [-0.39, 0.29) is 5.82 Å². The summed E-state index contributed by atoms with van der Waals surface area (Å²) >= 11 is 2.15. The van der Waals surface area contributed by atoms with Crippen molar-refractivity contribution in [3.63, 3.8) is 0 Å². The molecule has 4 rings (SSSR count). The first kappa shape index (κ1) is 15.8. The molecule has 1 saturated carbocycles. The molecule has 0 spiro atoms. The number of nitrogens with zero attached hydrogens (tertiary/aromatic N) is 4. The van der Waals surface area contributed by atoms with Crippen LogP contribution in [0.1, 0.15) is 29.8 Å². The third-order valence-electron chi connectivity index (χ3n) is 4.26. The maximum atomic E-state index is 13.4. The number of rotatable bonds is 5. The number of aromatic nitrogens is 4. The van der Waals surface area contributed by atoms with Gasteiger partial charge in [-0.25, -0.2) is 9.07 Å².